The van der Waals surface area contributed by atoms with E-state index in [2.05, 4.69) is 21.9 Å². The van der Waals surface area contributed by atoms with E-state index in [-0.39, 0.29) is 24.3 Å². The number of carbonyl (C=O) groups excluding carboxylic acids is 2. The van der Waals surface area contributed by atoms with Crippen molar-refractivity contribution in [1.82, 2.24) is 15.0 Å². The van der Waals surface area contributed by atoms with E-state index in [4.69, 9.17) is 4.98 Å². The molecule has 2 fully saturated rings. The Kier molecular flexibility index (Phi) is 9.43. The van der Waals surface area contributed by atoms with Crippen LogP contribution in [0.25, 0.3) is 0 Å². The van der Waals surface area contributed by atoms with Gasteiger partial charge in [-0.15, -0.1) is 11.8 Å². The number of hydrogen-bond acceptors (Lipinski definition) is 7. The van der Waals surface area contributed by atoms with Crippen LogP contribution < -0.4 is 14.9 Å². The second kappa shape index (κ2) is 12.1. The molecule has 0 unspecified atom stereocenters. The molecule has 2 N–H and O–H groups in total. The first-order valence-corrected chi connectivity index (χ1v) is 14.8. The summed E-state index contributed by atoms with van der Waals surface area (Å²) >= 11 is 1.60. The Labute approximate surface area is 201 Å². The zero-order valence-electron chi connectivity index (χ0n) is 19.6. The minimum absolute atomic E-state index is 0.0477. The van der Waals surface area contributed by atoms with Crippen molar-refractivity contribution in [2.75, 3.05) is 30.0 Å². The van der Waals surface area contributed by atoms with Gasteiger partial charge in [-0.3, -0.25) is 14.3 Å². The first kappa shape index (κ1) is 25.8. The van der Waals surface area contributed by atoms with E-state index in [0.29, 0.717) is 12.1 Å². The van der Waals surface area contributed by atoms with E-state index in [0.717, 1.165) is 74.3 Å². The number of anilines is 1. The van der Waals surface area contributed by atoms with Gasteiger partial charge in [-0.05, 0) is 55.9 Å². The van der Waals surface area contributed by atoms with Crippen LogP contribution in [0, 0.1) is 5.92 Å². The number of nitrogens with one attached hydrogen (secondary N) is 2. The van der Waals surface area contributed by atoms with Crippen LogP contribution in [0.5, 0.6) is 0 Å². The van der Waals surface area contributed by atoms with Crippen LogP contribution in [0.15, 0.2) is 17.2 Å². The van der Waals surface area contributed by atoms with Crippen LogP contribution in [0.3, 0.4) is 0 Å². The third-order valence-electron chi connectivity index (χ3n) is 6.09. The minimum Gasteiger partial charge on any atom is -0.356 e. The number of amides is 2. The van der Waals surface area contributed by atoms with Gasteiger partial charge in [0.15, 0.2) is 0 Å². The zero-order chi connectivity index (χ0) is 23.8. The molecule has 1 saturated heterocycles. The lowest BCUT2D eigenvalue weighted by Gasteiger charge is -2.33. The maximum atomic E-state index is 13.0. The molecule has 3 rings (SSSR count). The standard InChI is InChI=1S/C23H36N4O4S2/c1-3-14-32-23-19(22(29)24-18-9-5-4-6-10-18)11-12-20(25-23)27-13-7-8-17(16-27)15-21(28)26-33(2,30)31/h11-12,17-18H,3-10,13-16H2,1-2H3,(H,24,29)(H,26,28)/t17-/m0/s1. The number of piperidine rings is 1. The molecule has 0 aromatic carbocycles. The Morgan fingerprint density at radius 3 is 2.61 bits per heavy atom. The van der Waals surface area contributed by atoms with Crippen molar-refractivity contribution in [2.24, 2.45) is 5.92 Å². The smallest absolute Gasteiger partial charge is 0.254 e. The molecule has 2 aliphatic rings. The summed E-state index contributed by atoms with van der Waals surface area (Å²) in [6, 6.07) is 4.01. The molecule has 0 radical (unpaired) electrons. The maximum Gasteiger partial charge on any atom is 0.254 e. The van der Waals surface area contributed by atoms with Crippen molar-refractivity contribution in [1.29, 1.82) is 0 Å². The zero-order valence-corrected chi connectivity index (χ0v) is 21.3. The molecular weight excluding hydrogens is 460 g/mol. The van der Waals surface area contributed by atoms with Crippen LogP contribution in [0.1, 0.15) is 75.1 Å². The third kappa shape index (κ3) is 8.17. The number of hydrogen-bond donors (Lipinski definition) is 2. The van der Waals surface area contributed by atoms with Gasteiger partial charge in [-0.1, -0.05) is 26.2 Å². The minimum atomic E-state index is -3.54. The number of aromatic nitrogens is 1. The predicted molar refractivity (Wildman–Crippen MR) is 132 cm³/mol. The second-order valence-electron chi connectivity index (χ2n) is 9.13. The van der Waals surface area contributed by atoms with Gasteiger partial charge in [0.05, 0.1) is 11.8 Å². The number of thioether (sulfide) groups is 1. The first-order chi connectivity index (χ1) is 15.7. The Morgan fingerprint density at radius 1 is 1.15 bits per heavy atom. The number of carbonyl (C=O) groups is 2. The monoisotopic (exact) mass is 496 g/mol. The van der Waals surface area contributed by atoms with Crippen molar-refractivity contribution >= 4 is 39.4 Å². The summed E-state index contributed by atoms with van der Waals surface area (Å²) in [5.74, 6) is 1.23. The summed E-state index contributed by atoms with van der Waals surface area (Å²) < 4.78 is 24.7. The average molecular weight is 497 g/mol. The van der Waals surface area contributed by atoms with Gasteiger partial charge in [0.2, 0.25) is 15.9 Å². The average Bonchev–Trinajstić information content (AvgIpc) is 2.77. The molecule has 1 aliphatic carbocycles. The van der Waals surface area contributed by atoms with Gasteiger partial charge in [-0.25, -0.2) is 13.4 Å². The van der Waals surface area contributed by atoms with E-state index in [1.165, 1.54) is 6.42 Å². The van der Waals surface area contributed by atoms with Gasteiger partial charge in [-0.2, -0.15) is 0 Å². The number of rotatable bonds is 9. The molecule has 1 aliphatic heterocycles. The van der Waals surface area contributed by atoms with Gasteiger partial charge in [0.1, 0.15) is 10.8 Å². The van der Waals surface area contributed by atoms with Crippen molar-refractivity contribution in [3.05, 3.63) is 17.7 Å². The van der Waals surface area contributed by atoms with Gasteiger partial charge >= 0.3 is 0 Å². The Hall–Kier alpha value is -1.81. The molecule has 1 aromatic heterocycles. The highest BCUT2D eigenvalue weighted by Crippen LogP contribution is 2.29. The van der Waals surface area contributed by atoms with Crippen molar-refractivity contribution in [3.8, 4) is 0 Å². The van der Waals surface area contributed by atoms with Gasteiger partial charge < -0.3 is 10.2 Å². The highest BCUT2D eigenvalue weighted by molar-refractivity contribution is 7.99. The summed E-state index contributed by atoms with van der Waals surface area (Å²) in [5, 5.41) is 3.95. The maximum absolute atomic E-state index is 13.0. The van der Waals surface area contributed by atoms with E-state index in [9.17, 15) is 18.0 Å². The molecule has 0 bridgehead atoms. The fraction of sp³-hybridized carbons (Fsp3) is 0.696. The van der Waals surface area contributed by atoms with Gasteiger partial charge in [0.25, 0.3) is 5.91 Å². The fourth-order valence-corrected chi connectivity index (χ4v) is 5.92. The van der Waals surface area contributed by atoms with Crippen LogP contribution in [0.2, 0.25) is 0 Å². The molecule has 184 valence electrons. The molecule has 1 atom stereocenters. The van der Waals surface area contributed by atoms with Crippen LogP contribution in [-0.4, -0.2) is 56.4 Å². The lowest BCUT2D eigenvalue weighted by Crippen LogP contribution is -2.39. The summed E-state index contributed by atoms with van der Waals surface area (Å²) in [6.45, 7) is 3.56. The van der Waals surface area contributed by atoms with Crippen LogP contribution in [0.4, 0.5) is 5.82 Å². The third-order valence-corrected chi connectivity index (χ3v) is 7.89. The highest BCUT2D eigenvalue weighted by atomic mass is 32.2. The Morgan fingerprint density at radius 2 is 1.91 bits per heavy atom. The molecule has 33 heavy (non-hydrogen) atoms. The lowest BCUT2D eigenvalue weighted by molar-refractivity contribution is -0.120. The van der Waals surface area contributed by atoms with E-state index in [1.807, 2.05) is 12.1 Å². The SMILES string of the molecule is CCCSc1nc(N2CCC[C@@H](CC(=O)NS(C)(=O)=O)C2)ccc1C(=O)NC1CCCCC1. The molecule has 2 heterocycles. The molecule has 1 aromatic rings. The molecular formula is C23H36N4O4S2. The second-order valence-corrected chi connectivity index (χ2v) is 12.0. The highest BCUT2D eigenvalue weighted by Gasteiger charge is 2.26. The summed E-state index contributed by atoms with van der Waals surface area (Å²) in [5.41, 5.74) is 0.629. The predicted octanol–water partition coefficient (Wildman–Crippen LogP) is 3.33. The molecule has 0 spiro atoms. The molecule has 8 nitrogen and oxygen atoms in total. The molecule has 10 heteroatoms. The van der Waals surface area contributed by atoms with Crippen molar-refractivity contribution in [3.63, 3.8) is 0 Å². The summed E-state index contributed by atoms with van der Waals surface area (Å²) in [4.78, 5) is 32.0. The summed E-state index contributed by atoms with van der Waals surface area (Å²) in [6.07, 6.45) is 9.57. The Bertz CT molecular complexity index is 932. The number of nitrogens with zero attached hydrogens (tertiary/aromatic N) is 2. The van der Waals surface area contributed by atoms with E-state index < -0.39 is 15.9 Å². The van der Waals surface area contributed by atoms with Crippen LogP contribution >= 0.6 is 11.8 Å². The van der Waals surface area contributed by atoms with E-state index >= 15 is 0 Å². The van der Waals surface area contributed by atoms with Gasteiger partial charge in [0, 0.05) is 25.6 Å². The summed E-state index contributed by atoms with van der Waals surface area (Å²) in [7, 11) is -3.54. The van der Waals surface area contributed by atoms with Crippen LogP contribution in [-0.2, 0) is 14.8 Å². The van der Waals surface area contributed by atoms with Crippen molar-refractivity contribution in [2.45, 2.75) is 75.8 Å². The number of sulfonamides is 1. The number of pyridine rings is 1. The molecule has 1 saturated carbocycles. The quantitative estimate of drug-likeness (QED) is 0.505. The van der Waals surface area contributed by atoms with E-state index in [1.54, 1.807) is 11.8 Å². The van der Waals surface area contributed by atoms with Crippen molar-refractivity contribution < 1.29 is 18.0 Å². The molecule has 2 amide bonds. The Balaban J connectivity index is 1.70. The topological polar surface area (TPSA) is 108 Å². The fourth-order valence-electron chi connectivity index (χ4n) is 4.55. The normalized spacial score (nSPS) is 19.8. The lowest BCUT2D eigenvalue weighted by atomic mass is 9.94. The largest absolute Gasteiger partial charge is 0.356 e. The first-order valence-electron chi connectivity index (χ1n) is 12.0.